The van der Waals surface area contributed by atoms with Crippen LogP contribution >= 0.6 is 0 Å². The average molecular weight is 726 g/mol. The lowest BCUT2D eigenvalue weighted by atomic mass is 9.99. The Morgan fingerprint density at radius 1 is 0.980 bits per heavy atom. The molecule has 5 aromatic rings. The topological polar surface area (TPSA) is 184 Å². The first kappa shape index (κ1) is 39.5. The minimum Gasteiger partial charge on any atom is -0.494 e. The lowest BCUT2D eigenvalue weighted by Gasteiger charge is -2.21. The molecular weight excluding hydrogens is 695 g/mol. The molecule has 2 heterocycles. The van der Waals surface area contributed by atoms with Gasteiger partial charge in [0, 0.05) is 34.6 Å². The van der Waals surface area contributed by atoms with E-state index in [9.17, 15) is 31.4 Å². The zero-order valence-corrected chi connectivity index (χ0v) is 26.6. The maximum atomic E-state index is 15.7. The molecule has 1 unspecified atom stereocenters. The third-order valence-corrected chi connectivity index (χ3v) is 6.99. The van der Waals surface area contributed by atoms with Crippen molar-refractivity contribution in [3.8, 4) is 17.0 Å². The van der Waals surface area contributed by atoms with Crippen LogP contribution in [-0.2, 0) is 22.6 Å². The number of carboxylic acid groups (broad SMARTS) is 2. The van der Waals surface area contributed by atoms with Crippen molar-refractivity contribution in [2.75, 3.05) is 18.2 Å². The second kappa shape index (κ2) is 16.7. The van der Waals surface area contributed by atoms with E-state index in [0.717, 1.165) is 33.2 Å². The molecule has 11 nitrogen and oxygen atoms in total. The second-order valence-corrected chi connectivity index (χ2v) is 10.4. The first-order valence-corrected chi connectivity index (χ1v) is 14.5. The fourth-order valence-corrected chi connectivity index (χ4v) is 4.52. The highest BCUT2D eigenvalue weighted by molar-refractivity contribution is 5.93. The Balaban J connectivity index is 0.000000424. The fourth-order valence-electron chi connectivity index (χ4n) is 4.52. The summed E-state index contributed by atoms with van der Waals surface area (Å²) in [5.41, 5.74) is 10.3. The second-order valence-electron chi connectivity index (χ2n) is 10.4. The van der Waals surface area contributed by atoms with Crippen LogP contribution in [0.25, 0.3) is 22.0 Å². The number of nitrogen functional groups attached to an aromatic ring is 1. The number of nitrogens with one attached hydrogen (secondary N) is 2. The molecule has 7 N–H and O–H groups in total. The number of benzene rings is 3. The van der Waals surface area contributed by atoms with E-state index in [1.54, 1.807) is 18.5 Å². The highest BCUT2D eigenvalue weighted by atomic mass is 19.4. The number of carboxylic acids is 2. The Morgan fingerprint density at radius 3 is 2.18 bits per heavy atom. The van der Waals surface area contributed by atoms with Crippen LogP contribution in [-0.4, -0.2) is 61.7 Å². The Bertz CT molecular complexity index is 1960. The van der Waals surface area contributed by atoms with Gasteiger partial charge in [-0.3, -0.25) is 0 Å². The van der Waals surface area contributed by atoms with Crippen molar-refractivity contribution in [2.45, 2.75) is 38.3 Å². The zero-order chi connectivity index (χ0) is 38.1. The molecule has 0 aliphatic carbocycles. The van der Waals surface area contributed by atoms with E-state index in [4.69, 9.17) is 35.3 Å². The Morgan fingerprint density at radius 2 is 1.61 bits per heavy atom. The van der Waals surface area contributed by atoms with E-state index in [2.05, 4.69) is 15.3 Å². The number of halogens is 7. The number of alkyl halides is 6. The van der Waals surface area contributed by atoms with Gasteiger partial charge in [-0.25, -0.2) is 23.9 Å². The number of carbonyl (C=O) groups is 2. The van der Waals surface area contributed by atoms with Crippen LogP contribution in [0, 0.1) is 5.82 Å². The van der Waals surface area contributed by atoms with Gasteiger partial charge in [0.2, 0.25) is 0 Å². The number of aliphatic hydroxyl groups excluding tert-OH is 1. The number of ether oxygens (including phenoxy) is 1. The summed E-state index contributed by atoms with van der Waals surface area (Å²) in [5, 5.41) is 29.3. The van der Waals surface area contributed by atoms with Crippen LogP contribution in [0.4, 0.5) is 42.2 Å². The number of aryl methyl sites for hydroxylation is 1. The maximum Gasteiger partial charge on any atom is 0.490 e. The SMILES string of the molecule is CCc1cc(OC)c(F)c(C(Nc2ccc3c(N)nccc3c2)c2nc(-c3ccccc3CO)c[nH]2)c1.O=C(O)C(F)(F)F.O=C(O)C(F)(F)F. The number of hydrogen-bond donors (Lipinski definition) is 6. The number of aromatic nitrogens is 3. The van der Waals surface area contributed by atoms with E-state index in [1.165, 1.54) is 7.11 Å². The van der Waals surface area contributed by atoms with Gasteiger partial charge < -0.3 is 36.1 Å². The maximum absolute atomic E-state index is 15.7. The van der Waals surface area contributed by atoms with E-state index in [-0.39, 0.29) is 12.4 Å². The predicted molar refractivity (Wildman–Crippen MR) is 171 cm³/mol. The van der Waals surface area contributed by atoms with Crippen molar-refractivity contribution in [1.82, 2.24) is 15.0 Å². The third-order valence-electron chi connectivity index (χ3n) is 6.99. The summed E-state index contributed by atoms with van der Waals surface area (Å²) in [6, 6.07) is 18.0. The number of imidazole rings is 1. The molecule has 0 saturated heterocycles. The molecule has 3 aromatic carbocycles. The van der Waals surface area contributed by atoms with Crippen LogP contribution in [0.3, 0.4) is 0 Å². The Hall–Kier alpha value is -5.91. The number of fused-ring (bicyclic) bond motifs is 1. The molecule has 0 radical (unpaired) electrons. The largest absolute Gasteiger partial charge is 0.494 e. The average Bonchev–Trinajstić information content (AvgIpc) is 3.57. The number of nitrogens with zero attached hydrogens (tertiary/aromatic N) is 2. The molecule has 18 heteroatoms. The number of aliphatic hydroxyl groups is 1. The Kier molecular flexibility index (Phi) is 12.9. The normalized spacial score (nSPS) is 11.8. The summed E-state index contributed by atoms with van der Waals surface area (Å²) >= 11 is 0. The molecule has 0 bridgehead atoms. The van der Waals surface area contributed by atoms with Crippen molar-refractivity contribution in [3.63, 3.8) is 0 Å². The molecule has 0 saturated carbocycles. The molecule has 0 aliphatic rings. The van der Waals surface area contributed by atoms with Gasteiger partial charge in [-0.2, -0.15) is 26.3 Å². The lowest BCUT2D eigenvalue weighted by molar-refractivity contribution is -0.193. The van der Waals surface area contributed by atoms with Gasteiger partial charge in [0.15, 0.2) is 11.6 Å². The number of anilines is 2. The summed E-state index contributed by atoms with van der Waals surface area (Å²) in [6.07, 6.45) is -6.03. The molecule has 1 atom stereocenters. The monoisotopic (exact) mass is 725 g/mol. The van der Waals surface area contributed by atoms with Gasteiger partial charge in [0.05, 0.1) is 19.4 Å². The van der Waals surface area contributed by atoms with E-state index < -0.39 is 36.2 Å². The summed E-state index contributed by atoms with van der Waals surface area (Å²) in [5.74, 6) is -4.83. The summed E-state index contributed by atoms with van der Waals surface area (Å²) in [6.45, 7) is 1.90. The molecule has 0 amide bonds. The molecule has 5 rings (SSSR count). The molecule has 51 heavy (non-hydrogen) atoms. The van der Waals surface area contributed by atoms with Gasteiger partial charge in [0.25, 0.3) is 0 Å². The third kappa shape index (κ3) is 10.3. The van der Waals surface area contributed by atoms with Gasteiger partial charge in [-0.05, 0) is 53.3 Å². The molecule has 0 fully saturated rings. The van der Waals surface area contributed by atoms with E-state index in [0.29, 0.717) is 29.3 Å². The Labute approximate surface area is 284 Å². The van der Waals surface area contributed by atoms with Crippen molar-refractivity contribution >= 4 is 34.2 Å². The minimum atomic E-state index is -5.08. The molecule has 2 aromatic heterocycles. The quantitative estimate of drug-likeness (QED) is 0.0923. The first-order valence-electron chi connectivity index (χ1n) is 14.5. The van der Waals surface area contributed by atoms with Crippen molar-refractivity contribution in [1.29, 1.82) is 0 Å². The van der Waals surface area contributed by atoms with Crippen molar-refractivity contribution in [2.24, 2.45) is 0 Å². The van der Waals surface area contributed by atoms with Gasteiger partial charge in [-0.15, -0.1) is 0 Å². The van der Waals surface area contributed by atoms with Crippen molar-refractivity contribution in [3.05, 3.63) is 101 Å². The number of pyridine rings is 1. The van der Waals surface area contributed by atoms with Crippen LogP contribution in [0.1, 0.15) is 35.5 Å². The lowest BCUT2D eigenvalue weighted by Crippen LogP contribution is -2.21. The minimum absolute atomic E-state index is 0.112. The number of hydrogen-bond acceptors (Lipinski definition) is 8. The van der Waals surface area contributed by atoms with E-state index >= 15 is 4.39 Å². The number of aromatic amines is 1. The number of H-pyrrole nitrogens is 1. The van der Waals surface area contributed by atoms with Gasteiger partial charge in [-0.1, -0.05) is 37.3 Å². The summed E-state index contributed by atoms with van der Waals surface area (Å²) in [7, 11) is 1.46. The van der Waals surface area contributed by atoms with Gasteiger partial charge >= 0.3 is 24.3 Å². The highest BCUT2D eigenvalue weighted by Crippen LogP contribution is 2.35. The fraction of sp³-hybridized carbons (Fsp3) is 0.212. The number of rotatable bonds is 8. The van der Waals surface area contributed by atoms with Crippen molar-refractivity contribution < 1.29 is 60.4 Å². The molecule has 0 spiro atoms. The summed E-state index contributed by atoms with van der Waals surface area (Å²) in [4.78, 5) is 30.0. The first-order chi connectivity index (χ1) is 23.9. The van der Waals surface area contributed by atoms with Crippen LogP contribution < -0.4 is 15.8 Å². The number of aliphatic carboxylic acids is 2. The molecule has 272 valence electrons. The number of methoxy groups -OCH3 is 1. The summed E-state index contributed by atoms with van der Waals surface area (Å²) < 4.78 is 84.5. The zero-order valence-electron chi connectivity index (χ0n) is 26.6. The van der Waals surface area contributed by atoms with Crippen LogP contribution in [0.2, 0.25) is 0 Å². The smallest absolute Gasteiger partial charge is 0.490 e. The highest BCUT2D eigenvalue weighted by Gasteiger charge is 2.39. The van der Waals surface area contributed by atoms with Gasteiger partial charge in [0.1, 0.15) is 17.7 Å². The van der Waals surface area contributed by atoms with E-state index in [1.807, 2.05) is 61.5 Å². The standard InChI is InChI=1S/C29H28FN5O2.2C2HF3O2/c1-3-17-12-23(26(30)25(13-17)37-2)27(34-20-8-9-22-18(14-20)10-11-32-28(22)31)29-33-15-24(35-29)21-7-5-4-6-19(21)16-36;2*3-2(4,5)1(6)7/h4-15,27,34,36H,3,16H2,1-2H3,(H2,31,32)(H,33,35);2*(H,6,7). The van der Waals surface area contributed by atoms with Crippen LogP contribution in [0.5, 0.6) is 5.75 Å². The molecule has 0 aliphatic heterocycles. The number of nitrogens with two attached hydrogens (primary N) is 1. The predicted octanol–water partition coefficient (Wildman–Crippen LogP) is 6.88. The van der Waals surface area contributed by atoms with Crippen LogP contribution in [0.15, 0.2) is 73.1 Å². The molecular formula is C33H30F7N5O6.